The summed E-state index contributed by atoms with van der Waals surface area (Å²) in [5, 5.41) is 0. The lowest BCUT2D eigenvalue weighted by molar-refractivity contribution is -0.129. The fourth-order valence-corrected chi connectivity index (χ4v) is 4.97. The van der Waals surface area contributed by atoms with Gasteiger partial charge in [-0.05, 0) is 92.7 Å². The number of esters is 1. The molecule has 1 heterocycles. The first-order valence-electron chi connectivity index (χ1n) is 8.94. The molecule has 3 aromatic rings. The van der Waals surface area contributed by atoms with Crippen molar-refractivity contribution in [3.8, 4) is 5.75 Å². The van der Waals surface area contributed by atoms with Gasteiger partial charge in [0.05, 0.1) is 7.14 Å². The quantitative estimate of drug-likeness (QED) is 0.200. The monoisotopic (exact) mass is 625 g/mol. The first-order chi connectivity index (χ1) is 14.5. The predicted octanol–water partition coefficient (Wildman–Crippen LogP) is 5.96. The van der Waals surface area contributed by atoms with Gasteiger partial charge in [0, 0.05) is 5.56 Å². The van der Waals surface area contributed by atoms with Gasteiger partial charge in [-0.2, -0.15) is 0 Å². The van der Waals surface area contributed by atoms with E-state index in [4.69, 9.17) is 9.47 Å². The van der Waals surface area contributed by atoms with Crippen LogP contribution in [0.3, 0.4) is 0 Å². The number of benzene rings is 3. The highest BCUT2D eigenvalue weighted by Crippen LogP contribution is 2.31. The van der Waals surface area contributed by atoms with Gasteiger partial charge in [0.2, 0.25) is 5.90 Å². The Morgan fingerprint density at radius 1 is 1.00 bits per heavy atom. The maximum Gasteiger partial charge on any atom is 0.363 e. The Balaban J connectivity index is 1.57. The van der Waals surface area contributed by atoms with Gasteiger partial charge in [-0.1, -0.05) is 36.4 Å². The molecule has 0 amide bonds. The maximum atomic E-state index is 13.4. The van der Waals surface area contributed by atoms with Crippen molar-refractivity contribution in [3.05, 3.63) is 102 Å². The second kappa shape index (κ2) is 9.25. The van der Waals surface area contributed by atoms with Crippen molar-refractivity contribution in [1.29, 1.82) is 0 Å². The minimum absolute atomic E-state index is 0.0953. The molecule has 0 saturated carbocycles. The third kappa shape index (κ3) is 4.89. The topological polar surface area (TPSA) is 47.9 Å². The van der Waals surface area contributed by atoms with Crippen LogP contribution in [0.5, 0.6) is 5.75 Å². The van der Waals surface area contributed by atoms with Crippen LogP contribution in [0.4, 0.5) is 4.39 Å². The Morgan fingerprint density at radius 2 is 1.73 bits per heavy atom. The van der Waals surface area contributed by atoms with Gasteiger partial charge in [0.1, 0.15) is 18.2 Å². The molecule has 4 nitrogen and oxygen atoms in total. The van der Waals surface area contributed by atoms with Crippen molar-refractivity contribution in [1.82, 2.24) is 0 Å². The fourth-order valence-electron chi connectivity index (χ4n) is 2.84. The van der Waals surface area contributed by atoms with E-state index in [1.165, 1.54) is 12.1 Å². The van der Waals surface area contributed by atoms with Gasteiger partial charge in [-0.25, -0.2) is 14.2 Å². The van der Waals surface area contributed by atoms with Gasteiger partial charge in [0.25, 0.3) is 0 Å². The molecule has 4 rings (SSSR count). The summed E-state index contributed by atoms with van der Waals surface area (Å²) in [6, 6.07) is 19.6. The molecule has 0 spiro atoms. The highest BCUT2D eigenvalue weighted by Gasteiger charge is 2.24. The minimum Gasteiger partial charge on any atom is -0.487 e. The lowest BCUT2D eigenvalue weighted by Crippen LogP contribution is -2.05. The van der Waals surface area contributed by atoms with Crippen LogP contribution in [-0.4, -0.2) is 11.9 Å². The zero-order valence-corrected chi connectivity index (χ0v) is 19.8. The zero-order chi connectivity index (χ0) is 21.1. The van der Waals surface area contributed by atoms with Crippen LogP contribution in [0.15, 0.2) is 77.4 Å². The fraction of sp³-hybridized carbons (Fsp3) is 0.0435. The van der Waals surface area contributed by atoms with Gasteiger partial charge in [-0.15, -0.1) is 0 Å². The summed E-state index contributed by atoms with van der Waals surface area (Å²) in [6.45, 7) is 0.473. The third-order valence-corrected chi connectivity index (χ3v) is 5.84. The SMILES string of the molecule is O=C1OC(c2cccc(F)c2)=N/C1=C\c1cc(I)c(OCc2ccccc2)c(I)c1. The van der Waals surface area contributed by atoms with E-state index in [-0.39, 0.29) is 11.6 Å². The van der Waals surface area contributed by atoms with E-state index in [0.717, 1.165) is 24.0 Å². The molecule has 150 valence electrons. The van der Waals surface area contributed by atoms with Crippen molar-refractivity contribution in [2.75, 3.05) is 0 Å². The number of nitrogens with zero attached hydrogens (tertiary/aromatic N) is 1. The molecule has 7 heteroatoms. The highest BCUT2D eigenvalue weighted by molar-refractivity contribution is 14.1. The number of cyclic esters (lactones) is 1. The predicted molar refractivity (Wildman–Crippen MR) is 130 cm³/mol. The summed E-state index contributed by atoms with van der Waals surface area (Å²) < 4.78 is 26.5. The lowest BCUT2D eigenvalue weighted by atomic mass is 10.2. The summed E-state index contributed by atoms with van der Waals surface area (Å²) in [7, 11) is 0. The van der Waals surface area contributed by atoms with E-state index in [0.29, 0.717) is 12.2 Å². The van der Waals surface area contributed by atoms with Gasteiger partial charge in [-0.3, -0.25) is 0 Å². The van der Waals surface area contributed by atoms with E-state index >= 15 is 0 Å². The highest BCUT2D eigenvalue weighted by atomic mass is 127. The summed E-state index contributed by atoms with van der Waals surface area (Å²) in [6.07, 6.45) is 1.65. The van der Waals surface area contributed by atoms with E-state index in [9.17, 15) is 9.18 Å². The lowest BCUT2D eigenvalue weighted by Gasteiger charge is -2.11. The van der Waals surface area contributed by atoms with Crippen LogP contribution < -0.4 is 4.74 Å². The summed E-state index contributed by atoms with van der Waals surface area (Å²) in [5.41, 5.74) is 2.47. The molecule has 0 fully saturated rings. The molecule has 0 unspecified atom stereocenters. The van der Waals surface area contributed by atoms with Crippen LogP contribution in [0, 0.1) is 13.0 Å². The van der Waals surface area contributed by atoms with E-state index < -0.39 is 11.8 Å². The summed E-state index contributed by atoms with van der Waals surface area (Å²) in [4.78, 5) is 16.5. The Kier molecular flexibility index (Phi) is 6.47. The average molecular weight is 625 g/mol. The van der Waals surface area contributed by atoms with Gasteiger partial charge in [0.15, 0.2) is 5.70 Å². The van der Waals surface area contributed by atoms with Crippen molar-refractivity contribution in [2.45, 2.75) is 6.61 Å². The smallest absolute Gasteiger partial charge is 0.363 e. The normalized spacial score (nSPS) is 14.6. The molecular weight excluding hydrogens is 611 g/mol. The molecular formula is C23H14FI2NO3. The number of aliphatic imine (C=N–C) groups is 1. The molecule has 0 atom stereocenters. The first kappa shape index (κ1) is 21.0. The molecule has 0 saturated heterocycles. The Hall–Kier alpha value is -2.27. The van der Waals surface area contributed by atoms with E-state index in [2.05, 4.69) is 50.2 Å². The molecule has 0 N–H and O–H groups in total. The molecule has 0 bridgehead atoms. The maximum absolute atomic E-state index is 13.4. The number of halogens is 3. The van der Waals surface area contributed by atoms with Crippen LogP contribution in [0.25, 0.3) is 6.08 Å². The van der Waals surface area contributed by atoms with Crippen LogP contribution in [-0.2, 0) is 16.1 Å². The van der Waals surface area contributed by atoms with Crippen LogP contribution in [0.2, 0.25) is 0 Å². The Morgan fingerprint density at radius 3 is 2.43 bits per heavy atom. The van der Waals surface area contributed by atoms with E-state index in [1.54, 1.807) is 18.2 Å². The summed E-state index contributed by atoms with van der Waals surface area (Å²) >= 11 is 4.42. The number of carbonyl (C=O) groups excluding carboxylic acids is 1. The molecule has 0 radical (unpaired) electrons. The van der Waals surface area contributed by atoms with Crippen LogP contribution >= 0.6 is 45.2 Å². The number of rotatable bonds is 5. The molecule has 0 aliphatic carbocycles. The number of hydrogen-bond acceptors (Lipinski definition) is 4. The number of ether oxygens (including phenoxy) is 2. The second-order valence-electron chi connectivity index (χ2n) is 6.43. The second-order valence-corrected chi connectivity index (χ2v) is 8.76. The van der Waals surface area contributed by atoms with Crippen molar-refractivity contribution in [3.63, 3.8) is 0 Å². The average Bonchev–Trinajstić information content (AvgIpc) is 3.08. The molecule has 3 aromatic carbocycles. The minimum atomic E-state index is -0.566. The van der Waals surface area contributed by atoms with E-state index in [1.807, 2.05) is 42.5 Å². The van der Waals surface area contributed by atoms with Gasteiger partial charge < -0.3 is 9.47 Å². The van der Waals surface area contributed by atoms with Crippen molar-refractivity contribution >= 4 is 63.1 Å². The van der Waals surface area contributed by atoms with Crippen molar-refractivity contribution < 1.29 is 18.7 Å². The third-order valence-electron chi connectivity index (χ3n) is 4.24. The largest absolute Gasteiger partial charge is 0.487 e. The number of hydrogen-bond donors (Lipinski definition) is 0. The molecule has 1 aliphatic heterocycles. The summed E-state index contributed by atoms with van der Waals surface area (Å²) in [5.74, 6) is -0.0966. The molecule has 0 aromatic heterocycles. The molecule has 1 aliphatic rings. The zero-order valence-electron chi connectivity index (χ0n) is 15.4. The van der Waals surface area contributed by atoms with Crippen molar-refractivity contribution in [2.24, 2.45) is 4.99 Å². The first-order valence-corrected chi connectivity index (χ1v) is 11.1. The van der Waals surface area contributed by atoms with Gasteiger partial charge >= 0.3 is 5.97 Å². The Bertz CT molecular complexity index is 1150. The van der Waals surface area contributed by atoms with Crippen LogP contribution in [0.1, 0.15) is 16.7 Å². The molecule has 30 heavy (non-hydrogen) atoms. The Labute approximate surface area is 200 Å². The standard InChI is InChI=1S/C23H14FI2NO3/c24-17-8-4-7-16(12-17)22-27-20(23(28)30-22)11-15-9-18(25)21(19(26)10-15)29-13-14-5-2-1-3-6-14/h1-12H,13H2/b20-11-. The number of carbonyl (C=O) groups is 1.